The molecule has 13 heavy (non-hydrogen) atoms. The van der Waals surface area contributed by atoms with E-state index in [2.05, 4.69) is 15.3 Å². The van der Waals surface area contributed by atoms with Gasteiger partial charge in [0, 0.05) is 12.7 Å². The van der Waals surface area contributed by atoms with Crippen LogP contribution in [0, 0.1) is 0 Å². The summed E-state index contributed by atoms with van der Waals surface area (Å²) in [6.07, 6.45) is 1.56. The van der Waals surface area contributed by atoms with Gasteiger partial charge in [-0.05, 0) is 31.5 Å². The van der Waals surface area contributed by atoms with E-state index in [0.717, 1.165) is 0 Å². The SMILES string of the molecule is CC(C)(O)CNc1ccnc(Cl)n1. The number of hydrogen-bond acceptors (Lipinski definition) is 4. The Kier molecular flexibility index (Phi) is 3.06. The van der Waals surface area contributed by atoms with E-state index in [0.29, 0.717) is 12.4 Å². The van der Waals surface area contributed by atoms with Crippen LogP contribution in [0.4, 0.5) is 5.82 Å². The van der Waals surface area contributed by atoms with E-state index in [9.17, 15) is 5.11 Å². The summed E-state index contributed by atoms with van der Waals surface area (Å²) in [5, 5.41) is 12.5. The summed E-state index contributed by atoms with van der Waals surface area (Å²) in [6.45, 7) is 3.84. The van der Waals surface area contributed by atoms with Gasteiger partial charge in [0.15, 0.2) is 0 Å². The van der Waals surface area contributed by atoms with Crippen LogP contribution in [-0.2, 0) is 0 Å². The molecule has 0 saturated heterocycles. The van der Waals surface area contributed by atoms with Crippen LogP contribution < -0.4 is 5.32 Å². The van der Waals surface area contributed by atoms with E-state index in [1.807, 2.05) is 0 Å². The molecule has 1 aromatic rings. The molecule has 0 radical (unpaired) electrons. The minimum atomic E-state index is -0.766. The van der Waals surface area contributed by atoms with Crippen LogP contribution in [-0.4, -0.2) is 27.2 Å². The van der Waals surface area contributed by atoms with Gasteiger partial charge in [-0.1, -0.05) is 0 Å². The summed E-state index contributed by atoms with van der Waals surface area (Å²) in [5.41, 5.74) is -0.766. The third-order valence-electron chi connectivity index (χ3n) is 1.33. The molecule has 0 spiro atoms. The number of hydrogen-bond donors (Lipinski definition) is 2. The minimum absolute atomic E-state index is 0.195. The number of nitrogens with one attached hydrogen (secondary N) is 1. The molecule has 0 bridgehead atoms. The topological polar surface area (TPSA) is 58.0 Å². The Balaban J connectivity index is 2.55. The third kappa shape index (κ3) is 4.05. The fraction of sp³-hybridized carbons (Fsp3) is 0.500. The fourth-order valence-electron chi connectivity index (χ4n) is 0.740. The summed E-state index contributed by atoms with van der Waals surface area (Å²) in [4.78, 5) is 7.64. The Labute approximate surface area is 82.0 Å². The lowest BCUT2D eigenvalue weighted by Crippen LogP contribution is -2.29. The highest BCUT2D eigenvalue weighted by Crippen LogP contribution is 2.08. The van der Waals surface area contributed by atoms with Crippen molar-refractivity contribution in [2.45, 2.75) is 19.4 Å². The lowest BCUT2D eigenvalue weighted by atomic mass is 10.1. The van der Waals surface area contributed by atoms with Crippen molar-refractivity contribution in [2.75, 3.05) is 11.9 Å². The molecule has 1 heterocycles. The average Bonchev–Trinajstić information content (AvgIpc) is 2.00. The van der Waals surface area contributed by atoms with Gasteiger partial charge < -0.3 is 10.4 Å². The Morgan fingerprint density at radius 2 is 2.31 bits per heavy atom. The van der Waals surface area contributed by atoms with Crippen molar-refractivity contribution >= 4 is 17.4 Å². The van der Waals surface area contributed by atoms with Gasteiger partial charge in [-0.3, -0.25) is 0 Å². The number of rotatable bonds is 3. The van der Waals surface area contributed by atoms with Gasteiger partial charge in [-0.2, -0.15) is 0 Å². The summed E-state index contributed by atoms with van der Waals surface area (Å²) < 4.78 is 0. The van der Waals surface area contributed by atoms with Gasteiger partial charge in [0.1, 0.15) is 5.82 Å². The highest BCUT2D eigenvalue weighted by Gasteiger charge is 2.11. The van der Waals surface area contributed by atoms with E-state index >= 15 is 0 Å². The fourth-order valence-corrected chi connectivity index (χ4v) is 0.888. The number of aromatic nitrogens is 2. The quantitative estimate of drug-likeness (QED) is 0.725. The van der Waals surface area contributed by atoms with Crippen molar-refractivity contribution in [3.05, 3.63) is 17.5 Å². The first-order chi connectivity index (χ1) is 5.97. The number of halogens is 1. The van der Waals surface area contributed by atoms with E-state index < -0.39 is 5.60 Å². The molecule has 2 N–H and O–H groups in total. The second-order valence-electron chi connectivity index (χ2n) is 3.38. The molecule has 0 aliphatic carbocycles. The Morgan fingerprint density at radius 3 is 2.85 bits per heavy atom. The van der Waals surface area contributed by atoms with Crippen molar-refractivity contribution in [3.8, 4) is 0 Å². The van der Waals surface area contributed by atoms with Gasteiger partial charge in [0.25, 0.3) is 0 Å². The van der Waals surface area contributed by atoms with E-state index in [1.54, 1.807) is 26.1 Å². The predicted molar refractivity (Wildman–Crippen MR) is 51.8 cm³/mol. The van der Waals surface area contributed by atoms with Crippen molar-refractivity contribution in [2.24, 2.45) is 0 Å². The molecule has 72 valence electrons. The molecule has 0 aliphatic heterocycles. The average molecular weight is 202 g/mol. The van der Waals surface area contributed by atoms with E-state index in [-0.39, 0.29) is 5.28 Å². The van der Waals surface area contributed by atoms with Gasteiger partial charge >= 0.3 is 0 Å². The Hall–Kier alpha value is -0.870. The number of anilines is 1. The van der Waals surface area contributed by atoms with Crippen LogP contribution in [0.25, 0.3) is 0 Å². The molecule has 0 aliphatic rings. The lowest BCUT2D eigenvalue weighted by molar-refractivity contribution is 0.0944. The highest BCUT2D eigenvalue weighted by molar-refractivity contribution is 6.28. The summed E-state index contributed by atoms with van der Waals surface area (Å²) in [6, 6.07) is 1.69. The molecule has 4 nitrogen and oxygen atoms in total. The molecule has 5 heteroatoms. The zero-order valence-corrected chi connectivity index (χ0v) is 8.34. The molecule has 0 saturated carbocycles. The largest absolute Gasteiger partial charge is 0.389 e. The zero-order chi connectivity index (χ0) is 9.90. The third-order valence-corrected chi connectivity index (χ3v) is 1.51. The second-order valence-corrected chi connectivity index (χ2v) is 3.71. The molecular formula is C8H12ClN3O. The van der Waals surface area contributed by atoms with Crippen LogP contribution in [0.15, 0.2) is 12.3 Å². The monoisotopic (exact) mass is 201 g/mol. The zero-order valence-electron chi connectivity index (χ0n) is 7.58. The van der Waals surface area contributed by atoms with Gasteiger partial charge in [-0.25, -0.2) is 9.97 Å². The summed E-state index contributed by atoms with van der Waals surface area (Å²) in [5.74, 6) is 0.613. The standard InChI is InChI=1S/C8H12ClN3O/c1-8(2,13)5-11-6-3-4-10-7(9)12-6/h3-4,13H,5H2,1-2H3,(H,10,11,12). The summed E-state index contributed by atoms with van der Waals surface area (Å²) in [7, 11) is 0. The van der Waals surface area contributed by atoms with Crippen LogP contribution in [0.5, 0.6) is 0 Å². The number of nitrogens with zero attached hydrogens (tertiary/aromatic N) is 2. The van der Waals surface area contributed by atoms with Crippen molar-refractivity contribution in [3.63, 3.8) is 0 Å². The van der Waals surface area contributed by atoms with E-state index in [1.165, 1.54) is 0 Å². The molecule has 1 rings (SSSR count). The van der Waals surface area contributed by atoms with Gasteiger partial charge in [0.05, 0.1) is 5.60 Å². The van der Waals surface area contributed by atoms with Crippen molar-refractivity contribution < 1.29 is 5.11 Å². The van der Waals surface area contributed by atoms with Crippen molar-refractivity contribution in [1.29, 1.82) is 0 Å². The molecule has 0 fully saturated rings. The van der Waals surface area contributed by atoms with E-state index in [4.69, 9.17) is 11.6 Å². The van der Waals surface area contributed by atoms with Gasteiger partial charge in [-0.15, -0.1) is 0 Å². The van der Waals surface area contributed by atoms with Crippen LogP contribution in [0.3, 0.4) is 0 Å². The molecule has 0 amide bonds. The molecule has 0 unspecified atom stereocenters. The molecule has 0 atom stereocenters. The highest BCUT2D eigenvalue weighted by atomic mass is 35.5. The minimum Gasteiger partial charge on any atom is -0.389 e. The first-order valence-electron chi connectivity index (χ1n) is 3.92. The molecule has 1 aromatic heterocycles. The predicted octanol–water partition coefficient (Wildman–Crippen LogP) is 1.31. The Bertz CT molecular complexity index is 285. The maximum absolute atomic E-state index is 9.41. The maximum atomic E-state index is 9.41. The smallest absolute Gasteiger partial charge is 0.224 e. The maximum Gasteiger partial charge on any atom is 0.224 e. The van der Waals surface area contributed by atoms with Crippen LogP contribution >= 0.6 is 11.6 Å². The van der Waals surface area contributed by atoms with Crippen LogP contribution in [0.2, 0.25) is 5.28 Å². The normalized spacial score (nSPS) is 11.4. The van der Waals surface area contributed by atoms with Crippen molar-refractivity contribution in [1.82, 2.24) is 9.97 Å². The number of aliphatic hydroxyl groups is 1. The van der Waals surface area contributed by atoms with Crippen LogP contribution in [0.1, 0.15) is 13.8 Å². The molecular weight excluding hydrogens is 190 g/mol. The molecule has 0 aromatic carbocycles. The second kappa shape index (κ2) is 3.89. The van der Waals surface area contributed by atoms with Gasteiger partial charge in [0.2, 0.25) is 5.28 Å². The first-order valence-corrected chi connectivity index (χ1v) is 4.30. The Morgan fingerprint density at radius 1 is 1.62 bits per heavy atom. The lowest BCUT2D eigenvalue weighted by Gasteiger charge is -2.17. The first kappa shape index (κ1) is 10.2. The summed E-state index contributed by atoms with van der Waals surface area (Å²) >= 11 is 5.57.